The second kappa shape index (κ2) is 9.37. The standard InChI is InChI=1S/C26H25N3O3S/c30-15-21(25(32)29-26-27-13-14-33-26)28-22(31)6-2-3-16-7-8-19-10-9-17-4-1-5-18-11-12-20(16)24(19)23(17)18/h1,4-5,7-12,21,30H,2-3,6,13-15H2,(H,28,31)(H,27,29,32)/t21-/m0/s1. The van der Waals surface area contributed by atoms with Crippen molar-refractivity contribution in [3.05, 3.63) is 60.2 Å². The topological polar surface area (TPSA) is 90.8 Å². The second-order valence-corrected chi connectivity index (χ2v) is 9.35. The van der Waals surface area contributed by atoms with E-state index in [4.69, 9.17) is 0 Å². The molecule has 5 rings (SSSR count). The summed E-state index contributed by atoms with van der Waals surface area (Å²) in [6.45, 7) is 0.212. The first kappa shape index (κ1) is 21.7. The van der Waals surface area contributed by atoms with Crippen LogP contribution in [0.1, 0.15) is 18.4 Å². The van der Waals surface area contributed by atoms with Crippen LogP contribution in [0.15, 0.2) is 59.6 Å². The number of amides is 2. The van der Waals surface area contributed by atoms with Gasteiger partial charge in [0.1, 0.15) is 6.04 Å². The molecule has 1 atom stereocenters. The van der Waals surface area contributed by atoms with E-state index in [1.54, 1.807) is 0 Å². The molecule has 7 heteroatoms. The average molecular weight is 460 g/mol. The van der Waals surface area contributed by atoms with Crippen LogP contribution in [0, 0.1) is 0 Å². The summed E-state index contributed by atoms with van der Waals surface area (Å²) in [6.07, 6.45) is 1.69. The molecule has 1 heterocycles. The van der Waals surface area contributed by atoms with Crippen LogP contribution >= 0.6 is 11.8 Å². The van der Waals surface area contributed by atoms with Crippen LogP contribution < -0.4 is 10.6 Å². The van der Waals surface area contributed by atoms with Crippen LogP contribution in [0.4, 0.5) is 0 Å². The Hall–Kier alpha value is -3.16. The Morgan fingerprint density at radius 1 is 1.00 bits per heavy atom. The van der Waals surface area contributed by atoms with Crippen molar-refractivity contribution in [2.45, 2.75) is 25.3 Å². The smallest absolute Gasteiger partial charge is 0.250 e. The van der Waals surface area contributed by atoms with Gasteiger partial charge in [0.15, 0.2) is 5.17 Å². The van der Waals surface area contributed by atoms with E-state index in [0.717, 1.165) is 12.2 Å². The summed E-state index contributed by atoms with van der Waals surface area (Å²) in [5.41, 5.74) is 1.21. The van der Waals surface area contributed by atoms with Crippen molar-refractivity contribution in [3.63, 3.8) is 0 Å². The van der Waals surface area contributed by atoms with Gasteiger partial charge in [-0.2, -0.15) is 0 Å². The van der Waals surface area contributed by atoms with Gasteiger partial charge in [-0.25, -0.2) is 0 Å². The zero-order chi connectivity index (χ0) is 22.8. The van der Waals surface area contributed by atoms with Gasteiger partial charge in [0.25, 0.3) is 5.91 Å². The molecule has 1 aliphatic rings. The Morgan fingerprint density at radius 2 is 1.73 bits per heavy atom. The molecule has 0 saturated heterocycles. The van der Waals surface area contributed by atoms with E-state index in [2.05, 4.69) is 70.2 Å². The number of aryl methyl sites for hydroxylation is 1. The molecule has 6 nitrogen and oxygen atoms in total. The molecule has 168 valence electrons. The quantitative estimate of drug-likeness (QED) is 0.368. The van der Waals surface area contributed by atoms with Crippen LogP contribution in [0.25, 0.3) is 32.3 Å². The molecule has 0 fully saturated rings. The lowest BCUT2D eigenvalue weighted by Crippen LogP contribution is -2.49. The van der Waals surface area contributed by atoms with Gasteiger partial charge in [-0.05, 0) is 50.7 Å². The van der Waals surface area contributed by atoms with Crippen molar-refractivity contribution in [1.82, 2.24) is 10.6 Å². The maximum atomic E-state index is 12.4. The molecule has 4 aromatic carbocycles. The lowest BCUT2D eigenvalue weighted by Gasteiger charge is -2.16. The highest BCUT2D eigenvalue weighted by atomic mass is 32.2. The number of benzene rings is 4. The van der Waals surface area contributed by atoms with E-state index in [1.807, 2.05) is 0 Å². The zero-order valence-electron chi connectivity index (χ0n) is 18.1. The van der Waals surface area contributed by atoms with Crippen LogP contribution in [-0.2, 0) is 16.0 Å². The highest BCUT2D eigenvalue weighted by Crippen LogP contribution is 2.36. The minimum Gasteiger partial charge on any atom is -0.394 e. The van der Waals surface area contributed by atoms with Crippen LogP contribution in [-0.4, -0.2) is 47.0 Å². The van der Waals surface area contributed by atoms with Crippen molar-refractivity contribution < 1.29 is 14.7 Å². The first-order valence-electron chi connectivity index (χ1n) is 11.2. The van der Waals surface area contributed by atoms with E-state index in [0.29, 0.717) is 18.1 Å². The number of rotatable bonds is 7. The van der Waals surface area contributed by atoms with E-state index < -0.39 is 18.6 Å². The number of aliphatic hydroxyl groups is 1. The highest BCUT2D eigenvalue weighted by Gasteiger charge is 2.22. The van der Waals surface area contributed by atoms with Crippen molar-refractivity contribution in [3.8, 4) is 0 Å². The van der Waals surface area contributed by atoms with E-state index in [1.165, 1.54) is 49.6 Å². The van der Waals surface area contributed by atoms with Crippen LogP contribution in [0.3, 0.4) is 0 Å². The molecule has 0 saturated carbocycles. The Balaban J connectivity index is 1.25. The summed E-state index contributed by atoms with van der Waals surface area (Å²) in [4.78, 5) is 28.9. The normalized spacial score (nSPS) is 14.6. The first-order valence-corrected chi connectivity index (χ1v) is 12.2. The van der Waals surface area contributed by atoms with Crippen molar-refractivity contribution in [2.24, 2.45) is 4.99 Å². The monoisotopic (exact) mass is 459 g/mol. The van der Waals surface area contributed by atoms with Gasteiger partial charge in [-0.3, -0.25) is 14.6 Å². The predicted octanol–water partition coefficient (Wildman–Crippen LogP) is 3.60. The highest BCUT2D eigenvalue weighted by molar-refractivity contribution is 8.14. The Labute approximate surface area is 195 Å². The fourth-order valence-corrected chi connectivity index (χ4v) is 5.25. The molecule has 0 unspecified atom stereocenters. The van der Waals surface area contributed by atoms with Gasteiger partial charge < -0.3 is 15.7 Å². The summed E-state index contributed by atoms with van der Waals surface area (Å²) < 4.78 is 0. The zero-order valence-corrected chi connectivity index (χ0v) is 19.0. The van der Waals surface area contributed by atoms with Crippen LogP contribution in [0.2, 0.25) is 0 Å². The molecule has 2 amide bonds. The fraction of sp³-hybridized carbons (Fsp3) is 0.269. The molecule has 0 radical (unpaired) electrons. The SMILES string of the molecule is O=C(CCCc1ccc2ccc3cccc4ccc1c2c34)N[C@@H](CO)C(=O)NC1=NCCS1. The lowest BCUT2D eigenvalue weighted by molar-refractivity contribution is -0.129. The summed E-state index contributed by atoms with van der Waals surface area (Å²) in [6, 6.07) is 18.4. The van der Waals surface area contributed by atoms with Crippen molar-refractivity contribution in [1.29, 1.82) is 0 Å². The van der Waals surface area contributed by atoms with Crippen LogP contribution in [0.5, 0.6) is 0 Å². The molecule has 4 aromatic rings. The minimum atomic E-state index is -0.976. The fourth-order valence-electron chi connectivity index (χ4n) is 4.52. The number of aliphatic hydroxyl groups excluding tert-OH is 1. The number of nitrogens with one attached hydrogen (secondary N) is 2. The van der Waals surface area contributed by atoms with Gasteiger partial charge in [0.05, 0.1) is 13.2 Å². The molecule has 33 heavy (non-hydrogen) atoms. The molecule has 1 aliphatic heterocycles. The van der Waals surface area contributed by atoms with E-state index in [9.17, 15) is 14.7 Å². The maximum Gasteiger partial charge on any atom is 0.250 e. The molecule has 0 aromatic heterocycles. The molecular weight excluding hydrogens is 434 g/mol. The second-order valence-electron chi connectivity index (χ2n) is 8.26. The van der Waals surface area contributed by atoms with E-state index >= 15 is 0 Å². The van der Waals surface area contributed by atoms with Gasteiger partial charge in [-0.15, -0.1) is 0 Å². The number of nitrogens with zero attached hydrogens (tertiary/aromatic N) is 1. The lowest BCUT2D eigenvalue weighted by atomic mass is 9.90. The summed E-state index contributed by atoms with van der Waals surface area (Å²) in [5.74, 6) is 0.142. The van der Waals surface area contributed by atoms with Gasteiger partial charge in [0.2, 0.25) is 5.91 Å². The predicted molar refractivity (Wildman–Crippen MR) is 135 cm³/mol. The molecule has 0 spiro atoms. The summed E-state index contributed by atoms with van der Waals surface area (Å²) in [7, 11) is 0. The van der Waals surface area contributed by atoms with Crippen molar-refractivity contribution >= 4 is 61.1 Å². The molecule has 3 N–H and O–H groups in total. The number of hydrogen-bond donors (Lipinski definition) is 3. The molecular formula is C26H25N3O3S. The Bertz CT molecular complexity index is 1350. The van der Waals surface area contributed by atoms with E-state index in [-0.39, 0.29) is 12.3 Å². The molecule has 0 aliphatic carbocycles. The number of thioether (sulfide) groups is 1. The van der Waals surface area contributed by atoms with Gasteiger partial charge >= 0.3 is 0 Å². The third-order valence-corrected chi connectivity index (χ3v) is 7.01. The first-order chi connectivity index (χ1) is 16.1. The Kier molecular flexibility index (Phi) is 6.15. The number of aliphatic imine (C=N–C) groups is 1. The number of carbonyl (C=O) groups is 2. The van der Waals surface area contributed by atoms with Gasteiger partial charge in [-0.1, -0.05) is 66.4 Å². The summed E-state index contributed by atoms with van der Waals surface area (Å²) in [5, 5.41) is 22.9. The number of hydrogen-bond acceptors (Lipinski definition) is 5. The third-order valence-electron chi connectivity index (χ3n) is 6.12. The average Bonchev–Trinajstić information content (AvgIpc) is 3.34. The van der Waals surface area contributed by atoms with Gasteiger partial charge in [0, 0.05) is 12.2 Å². The Morgan fingerprint density at radius 3 is 2.45 bits per heavy atom. The third kappa shape index (κ3) is 4.38. The number of amidine groups is 1. The van der Waals surface area contributed by atoms with Crippen molar-refractivity contribution in [2.75, 3.05) is 18.9 Å². The largest absolute Gasteiger partial charge is 0.394 e. The minimum absolute atomic E-state index is 0.247. The summed E-state index contributed by atoms with van der Waals surface area (Å²) >= 11 is 1.46. The molecule has 0 bridgehead atoms. The number of carbonyl (C=O) groups excluding carboxylic acids is 2. The maximum absolute atomic E-state index is 12.4.